The molecule has 1 aromatic heterocycles. The molecule has 0 amide bonds. The molecule has 1 unspecified atom stereocenters. The summed E-state index contributed by atoms with van der Waals surface area (Å²) in [4.78, 5) is 4.86. The minimum atomic E-state index is -0.345. The van der Waals surface area contributed by atoms with Gasteiger partial charge in [-0.1, -0.05) is 77.7 Å². The van der Waals surface area contributed by atoms with Crippen LogP contribution in [0.4, 0.5) is 0 Å². The molecule has 2 heterocycles. The summed E-state index contributed by atoms with van der Waals surface area (Å²) in [6, 6.07) is 0. The third-order valence-electron chi connectivity index (χ3n) is 5.25. The first-order valence-electron chi connectivity index (χ1n) is 9.86. The van der Waals surface area contributed by atoms with Gasteiger partial charge in [-0.05, 0) is 38.0 Å². The van der Waals surface area contributed by atoms with E-state index in [0.717, 1.165) is 0 Å². The Balaban J connectivity index is 2.90. The topological polar surface area (TPSA) is 6.48 Å². The van der Waals surface area contributed by atoms with E-state index in [-0.39, 0.29) is 23.5 Å². The van der Waals surface area contributed by atoms with Crippen molar-refractivity contribution in [3.8, 4) is 0 Å². The Morgan fingerprint density at radius 2 is 1.22 bits per heavy atom. The molecule has 2 nitrogen and oxygen atoms in total. The Bertz CT molecular complexity index is 773. The molecule has 0 saturated carbocycles. The number of hydrogen-bond donors (Lipinski definition) is 0. The fourth-order valence-electron chi connectivity index (χ4n) is 3.36. The zero-order chi connectivity index (χ0) is 21.1. The van der Waals surface area contributed by atoms with E-state index < -0.39 is 0 Å². The van der Waals surface area contributed by atoms with Gasteiger partial charge in [-0.25, -0.2) is 0 Å². The van der Waals surface area contributed by atoms with Crippen molar-refractivity contribution in [1.82, 2.24) is 9.80 Å². The van der Waals surface area contributed by atoms with Crippen molar-refractivity contribution in [2.24, 2.45) is 5.41 Å². The van der Waals surface area contributed by atoms with Crippen LogP contribution < -0.4 is 0 Å². The first kappa shape index (κ1) is 23.0. The van der Waals surface area contributed by atoms with E-state index >= 15 is 0 Å². The molecular formula is C22H39N2P3. The van der Waals surface area contributed by atoms with Crippen LogP contribution >= 0.6 is 23.3 Å². The lowest BCUT2D eigenvalue weighted by Crippen LogP contribution is -2.23. The van der Waals surface area contributed by atoms with Gasteiger partial charge < -0.3 is 9.80 Å². The molecule has 0 aliphatic carbocycles. The van der Waals surface area contributed by atoms with E-state index in [1.807, 2.05) is 0 Å². The van der Waals surface area contributed by atoms with E-state index in [1.54, 1.807) is 23.2 Å². The van der Waals surface area contributed by atoms with Crippen molar-refractivity contribution >= 4 is 28.6 Å². The second kappa shape index (κ2) is 7.20. The van der Waals surface area contributed by atoms with Crippen LogP contribution in [0.3, 0.4) is 0 Å². The lowest BCUT2D eigenvalue weighted by atomic mass is 9.95. The van der Waals surface area contributed by atoms with Gasteiger partial charge in [0.2, 0.25) is 0 Å². The van der Waals surface area contributed by atoms with Crippen LogP contribution in [0.1, 0.15) is 86.2 Å². The minimum Gasteiger partial charge on any atom is -0.333 e. The largest absolute Gasteiger partial charge is 0.333 e. The molecule has 0 fully saturated rings. The summed E-state index contributed by atoms with van der Waals surface area (Å²) >= 11 is 0. The molecule has 0 N–H and O–H groups in total. The second-order valence-electron chi connectivity index (χ2n) is 10.9. The SMILES string of the molecule is CC1=C(C)N(C)C(=C(p2pc(C(C)(C)C)pc2C(C)(C)C)C(C)(C)C)N1C. The maximum atomic E-state index is 2.43. The van der Waals surface area contributed by atoms with Crippen LogP contribution in [0.2, 0.25) is 0 Å². The predicted molar refractivity (Wildman–Crippen MR) is 128 cm³/mol. The summed E-state index contributed by atoms with van der Waals surface area (Å²) in [5.74, 6) is 1.42. The lowest BCUT2D eigenvalue weighted by molar-refractivity contribution is 0.412. The molecule has 0 saturated heterocycles. The summed E-state index contributed by atoms with van der Waals surface area (Å²) < 4.78 is 0. The van der Waals surface area contributed by atoms with Crippen molar-refractivity contribution in [2.45, 2.75) is 87.0 Å². The van der Waals surface area contributed by atoms with Crippen LogP contribution in [0.5, 0.6) is 0 Å². The van der Waals surface area contributed by atoms with Gasteiger partial charge in [0.15, 0.2) is 0 Å². The summed E-state index contributed by atoms with van der Waals surface area (Å²) in [7, 11) is 7.21. The van der Waals surface area contributed by atoms with Gasteiger partial charge in [0.25, 0.3) is 0 Å². The molecule has 1 atom stereocenters. The van der Waals surface area contributed by atoms with Gasteiger partial charge in [-0.3, -0.25) is 0 Å². The molecule has 1 aliphatic heterocycles. The molecule has 2 rings (SSSR count). The molecule has 0 bridgehead atoms. The highest BCUT2D eigenvalue weighted by Crippen LogP contribution is 2.69. The standard InChI is InChI=1S/C22H39N2P3/c1-14-15(2)24(13)17(23(14)12)16(20(3,4)5)27-19(22(9,10)11)25-18(26-27)21(6,7)8/h1-13H3. The van der Waals surface area contributed by atoms with E-state index in [1.165, 1.54) is 25.4 Å². The van der Waals surface area contributed by atoms with Crippen molar-refractivity contribution < 1.29 is 0 Å². The lowest BCUT2D eigenvalue weighted by Gasteiger charge is -2.33. The number of allylic oxidation sites excluding steroid dienone is 3. The average Bonchev–Trinajstić information content (AvgIpc) is 2.99. The fourth-order valence-corrected chi connectivity index (χ4v) is 14.7. The second-order valence-corrected chi connectivity index (χ2v) is 16.7. The predicted octanol–water partition coefficient (Wildman–Crippen LogP) is 8.73. The highest BCUT2D eigenvalue weighted by Gasteiger charge is 2.37. The van der Waals surface area contributed by atoms with Crippen LogP contribution in [0.25, 0.3) is 5.31 Å². The highest BCUT2D eigenvalue weighted by molar-refractivity contribution is 8.10. The molecule has 0 aromatic carbocycles. The first-order valence-corrected chi connectivity index (χ1v) is 13.7. The van der Waals surface area contributed by atoms with Crippen LogP contribution in [0, 0.1) is 5.41 Å². The Morgan fingerprint density at radius 3 is 1.56 bits per heavy atom. The molecule has 27 heavy (non-hydrogen) atoms. The summed E-state index contributed by atoms with van der Waals surface area (Å²) in [6.07, 6.45) is 0. The zero-order valence-electron chi connectivity index (χ0n) is 19.7. The van der Waals surface area contributed by atoms with Gasteiger partial charge in [0, 0.05) is 40.9 Å². The molecule has 0 spiro atoms. The van der Waals surface area contributed by atoms with E-state index in [4.69, 9.17) is 0 Å². The van der Waals surface area contributed by atoms with Gasteiger partial charge in [0.1, 0.15) is 5.82 Å². The zero-order valence-corrected chi connectivity index (χ0v) is 22.4. The summed E-state index contributed by atoms with van der Waals surface area (Å²) in [5.41, 5.74) is 3.38. The van der Waals surface area contributed by atoms with Gasteiger partial charge in [-0.2, -0.15) is 0 Å². The molecule has 1 aromatic rings. The number of rotatable bonds is 1. The number of hydrogen-bond acceptors (Lipinski definition) is 2. The summed E-state index contributed by atoms with van der Waals surface area (Å²) in [6.45, 7) is 26.1. The smallest absolute Gasteiger partial charge is 0.121 e. The van der Waals surface area contributed by atoms with E-state index in [2.05, 4.69) is 100 Å². The van der Waals surface area contributed by atoms with Crippen LogP contribution in [0.15, 0.2) is 17.2 Å². The first-order chi connectivity index (χ1) is 12.0. The van der Waals surface area contributed by atoms with Crippen molar-refractivity contribution in [3.63, 3.8) is 0 Å². The quantitative estimate of drug-likeness (QED) is 0.445. The Kier molecular flexibility index (Phi) is 6.13. The van der Waals surface area contributed by atoms with Crippen LogP contribution in [-0.4, -0.2) is 23.9 Å². The minimum absolute atomic E-state index is 0.140. The molecule has 0 radical (unpaired) electrons. The van der Waals surface area contributed by atoms with Gasteiger partial charge >= 0.3 is 0 Å². The maximum absolute atomic E-state index is 2.43. The monoisotopic (exact) mass is 424 g/mol. The van der Waals surface area contributed by atoms with E-state index in [0.29, 0.717) is 0 Å². The van der Waals surface area contributed by atoms with Gasteiger partial charge in [-0.15, -0.1) is 0 Å². The third-order valence-corrected chi connectivity index (χ3v) is 15.3. The third kappa shape index (κ3) is 4.34. The molecule has 152 valence electrons. The highest BCUT2D eigenvalue weighted by atomic mass is 31.9. The van der Waals surface area contributed by atoms with Gasteiger partial charge in [0.05, 0.1) is 0 Å². The average molecular weight is 424 g/mol. The maximum Gasteiger partial charge on any atom is 0.121 e. The fraction of sp³-hybridized carbons (Fsp3) is 0.727. The van der Waals surface area contributed by atoms with Crippen LogP contribution in [-0.2, 0) is 10.8 Å². The van der Waals surface area contributed by atoms with Crippen molar-refractivity contribution in [1.29, 1.82) is 0 Å². The van der Waals surface area contributed by atoms with Crippen molar-refractivity contribution in [3.05, 3.63) is 27.3 Å². The number of nitrogens with zero attached hydrogens (tertiary/aromatic N) is 2. The molecular weight excluding hydrogens is 385 g/mol. The molecule has 5 heteroatoms. The van der Waals surface area contributed by atoms with Crippen molar-refractivity contribution in [2.75, 3.05) is 14.1 Å². The van der Waals surface area contributed by atoms with E-state index in [9.17, 15) is 0 Å². The Hall–Kier alpha value is -0.280. The summed E-state index contributed by atoms with van der Waals surface area (Å²) in [5, 5.41) is 5.08. The molecule has 1 aliphatic rings. The normalized spacial score (nSPS) is 18.0. The Morgan fingerprint density at radius 1 is 0.778 bits per heavy atom. The Labute approximate surface area is 172 Å².